The topological polar surface area (TPSA) is 8.17 Å². The van der Waals surface area contributed by atoms with Crippen LogP contribution in [0.4, 0.5) is 17.1 Å². The van der Waals surface area contributed by atoms with Crippen LogP contribution in [0.3, 0.4) is 0 Å². The summed E-state index contributed by atoms with van der Waals surface area (Å²) in [5.41, 5.74) is 24.4. The van der Waals surface area contributed by atoms with Crippen molar-refractivity contribution in [2.75, 3.05) is 4.90 Å². The number of fused-ring (bicyclic) bond motifs is 3. The smallest absolute Gasteiger partial charge is 0.0541 e. The van der Waals surface area contributed by atoms with E-state index < -0.39 is 0 Å². The molecule has 0 unspecified atom stereocenters. The van der Waals surface area contributed by atoms with E-state index in [4.69, 9.17) is 0 Å². The molecule has 0 fully saturated rings. The molecule has 0 saturated heterocycles. The molecule has 12 aromatic carbocycles. The Hall–Kier alpha value is -8.72. The van der Waals surface area contributed by atoms with Gasteiger partial charge in [0.05, 0.1) is 22.4 Å². The first kappa shape index (κ1) is 54.5. The summed E-state index contributed by atoms with van der Waals surface area (Å²) in [6.07, 6.45) is 0. The van der Waals surface area contributed by atoms with Gasteiger partial charge in [0.2, 0.25) is 0 Å². The SMILES string of the molecule is Cc1cc(-c2ccccc2)cc(C)c1-c1ccc(N(c2cc(-c3cc(C(C)(C)C)cc(C(C)(C)C)c3)cc(-c3cc(C(C)(C)C)cc(C(C)(C)C)c3)c2)c2ccc3ccc4c(-n5c6ccccc6c6ccccc65)ccc5ccc2c3c54)cc1. The van der Waals surface area contributed by atoms with Crippen molar-refractivity contribution in [3.8, 4) is 50.2 Å². The molecule has 0 radical (unpaired) electrons. The van der Waals surface area contributed by atoms with Crippen molar-refractivity contribution in [2.45, 2.75) is 119 Å². The van der Waals surface area contributed by atoms with Crippen molar-refractivity contribution < 1.29 is 0 Å². The lowest BCUT2D eigenvalue weighted by molar-refractivity contribution is 0.568. The molecule has 0 saturated carbocycles. The van der Waals surface area contributed by atoms with E-state index in [1.165, 1.54) is 138 Å². The van der Waals surface area contributed by atoms with Gasteiger partial charge in [-0.2, -0.15) is 0 Å². The third-order valence-electron chi connectivity index (χ3n) is 17.9. The summed E-state index contributed by atoms with van der Waals surface area (Å²) in [4.78, 5) is 2.56. The number of para-hydroxylation sites is 2. The van der Waals surface area contributed by atoms with Gasteiger partial charge in [0.25, 0.3) is 0 Å². The van der Waals surface area contributed by atoms with Crippen LogP contribution >= 0.6 is 0 Å². The normalized spacial score (nSPS) is 12.6. The first-order valence-corrected chi connectivity index (χ1v) is 30.2. The highest BCUT2D eigenvalue weighted by molar-refractivity contribution is 6.27. The fourth-order valence-electron chi connectivity index (χ4n) is 13.2. The molecule has 0 aliphatic heterocycles. The first-order chi connectivity index (χ1) is 40.0. The highest BCUT2D eigenvalue weighted by Gasteiger charge is 2.27. The second kappa shape index (κ2) is 20.0. The third-order valence-corrected chi connectivity index (χ3v) is 17.9. The van der Waals surface area contributed by atoms with Gasteiger partial charge >= 0.3 is 0 Å². The van der Waals surface area contributed by atoms with Gasteiger partial charge in [-0.1, -0.05) is 247 Å². The molecular formula is C82H78N2. The van der Waals surface area contributed by atoms with Gasteiger partial charge < -0.3 is 9.47 Å². The van der Waals surface area contributed by atoms with Crippen LogP contribution in [0.2, 0.25) is 0 Å². The van der Waals surface area contributed by atoms with E-state index in [2.05, 4.69) is 325 Å². The standard InChI is InChI=1S/C82H78N2/c1-51-40-57(53-22-16-15-17-23-53)41-52(2)76(51)54-28-34-66(35-29-54)83(74-38-32-55-31-37-71-75(39-33-56-30-36-70(74)77(55)78(56)71)84-72-26-20-18-24-68(72)69-25-19-21-27-73(69)84)67-47-58(60-43-62(79(3,4)5)49-63(44-60)80(6,7)8)42-59(48-67)61-45-64(81(9,10)11)50-65(46-61)82(12,13)14/h15-50H,1-14H3. The molecule has 2 nitrogen and oxygen atoms in total. The maximum Gasteiger partial charge on any atom is 0.0541 e. The summed E-state index contributed by atoms with van der Waals surface area (Å²) < 4.78 is 2.48. The molecule has 0 bridgehead atoms. The van der Waals surface area contributed by atoms with Crippen LogP contribution in [0.15, 0.2) is 218 Å². The summed E-state index contributed by atoms with van der Waals surface area (Å²) >= 11 is 0. The fraction of sp³-hybridized carbons (Fsp3) is 0.220. The highest BCUT2D eigenvalue weighted by Crippen LogP contribution is 2.49. The van der Waals surface area contributed by atoms with Crippen molar-refractivity contribution in [1.82, 2.24) is 4.57 Å². The number of rotatable bonds is 8. The Labute approximate surface area is 498 Å². The maximum atomic E-state index is 2.56. The molecule has 0 atom stereocenters. The van der Waals surface area contributed by atoms with E-state index in [-0.39, 0.29) is 21.7 Å². The number of anilines is 3. The van der Waals surface area contributed by atoms with Crippen LogP contribution in [0.1, 0.15) is 116 Å². The van der Waals surface area contributed by atoms with Crippen LogP contribution in [-0.4, -0.2) is 4.57 Å². The van der Waals surface area contributed by atoms with E-state index in [9.17, 15) is 0 Å². The Kier molecular flexibility index (Phi) is 13.0. The van der Waals surface area contributed by atoms with E-state index in [0.29, 0.717) is 0 Å². The Morgan fingerprint density at radius 1 is 0.298 bits per heavy atom. The van der Waals surface area contributed by atoms with E-state index in [0.717, 1.165) is 17.1 Å². The van der Waals surface area contributed by atoms with Crippen molar-refractivity contribution in [1.29, 1.82) is 0 Å². The van der Waals surface area contributed by atoms with Gasteiger partial charge in [0, 0.05) is 32.9 Å². The summed E-state index contributed by atoms with van der Waals surface area (Å²) in [6, 6.07) is 83.6. The van der Waals surface area contributed by atoms with Crippen molar-refractivity contribution in [3.05, 3.63) is 252 Å². The number of benzene rings is 12. The quantitative estimate of drug-likeness (QED) is 0.138. The minimum absolute atomic E-state index is 0.0609. The summed E-state index contributed by atoms with van der Waals surface area (Å²) in [7, 11) is 0. The van der Waals surface area contributed by atoms with Crippen LogP contribution in [0.5, 0.6) is 0 Å². The molecule has 416 valence electrons. The van der Waals surface area contributed by atoms with Gasteiger partial charge in [-0.05, 0) is 190 Å². The predicted molar refractivity (Wildman–Crippen MR) is 365 cm³/mol. The van der Waals surface area contributed by atoms with Crippen molar-refractivity contribution in [2.24, 2.45) is 0 Å². The molecule has 0 spiro atoms. The largest absolute Gasteiger partial charge is 0.310 e. The fourth-order valence-corrected chi connectivity index (χ4v) is 13.2. The molecule has 0 aliphatic rings. The molecular weight excluding hydrogens is 1010 g/mol. The zero-order valence-corrected chi connectivity index (χ0v) is 51.7. The zero-order chi connectivity index (χ0) is 58.8. The Morgan fingerprint density at radius 3 is 1.21 bits per heavy atom. The predicted octanol–water partition coefficient (Wildman–Crippen LogP) is 23.6. The van der Waals surface area contributed by atoms with Crippen LogP contribution in [0.25, 0.3) is 104 Å². The van der Waals surface area contributed by atoms with E-state index in [1.807, 2.05) is 0 Å². The number of nitrogens with zero attached hydrogens (tertiary/aromatic N) is 2. The van der Waals surface area contributed by atoms with Crippen LogP contribution < -0.4 is 4.90 Å². The summed E-state index contributed by atoms with van der Waals surface area (Å²) in [5.74, 6) is 0. The van der Waals surface area contributed by atoms with E-state index >= 15 is 0 Å². The first-order valence-electron chi connectivity index (χ1n) is 30.2. The lowest BCUT2D eigenvalue weighted by atomic mass is 9.78. The molecule has 0 amide bonds. The monoisotopic (exact) mass is 1090 g/mol. The molecule has 0 N–H and O–H groups in total. The van der Waals surface area contributed by atoms with Crippen LogP contribution in [0, 0.1) is 13.8 Å². The second-order valence-electron chi connectivity index (χ2n) is 28.1. The average molecular weight is 1090 g/mol. The molecule has 84 heavy (non-hydrogen) atoms. The molecule has 1 aromatic heterocycles. The van der Waals surface area contributed by atoms with Gasteiger partial charge in [-0.25, -0.2) is 0 Å². The van der Waals surface area contributed by atoms with Gasteiger partial charge in [0.15, 0.2) is 0 Å². The minimum atomic E-state index is -0.0609. The molecule has 13 aromatic rings. The third kappa shape index (κ3) is 9.64. The highest BCUT2D eigenvalue weighted by atomic mass is 15.1. The van der Waals surface area contributed by atoms with Crippen molar-refractivity contribution in [3.63, 3.8) is 0 Å². The second-order valence-corrected chi connectivity index (χ2v) is 28.1. The lowest BCUT2D eigenvalue weighted by Gasteiger charge is -2.30. The number of aryl methyl sites for hydroxylation is 2. The van der Waals surface area contributed by atoms with Gasteiger partial charge in [-0.15, -0.1) is 0 Å². The molecule has 13 rings (SSSR count). The van der Waals surface area contributed by atoms with Crippen molar-refractivity contribution >= 4 is 71.2 Å². The Morgan fingerprint density at radius 2 is 0.714 bits per heavy atom. The summed E-state index contributed by atoms with van der Waals surface area (Å²) in [5, 5.41) is 9.98. The number of aromatic nitrogens is 1. The van der Waals surface area contributed by atoms with E-state index in [1.54, 1.807) is 0 Å². The zero-order valence-electron chi connectivity index (χ0n) is 51.7. The average Bonchev–Trinajstić information content (AvgIpc) is 1.49. The van der Waals surface area contributed by atoms with Crippen LogP contribution in [-0.2, 0) is 21.7 Å². The van der Waals surface area contributed by atoms with Gasteiger partial charge in [-0.3, -0.25) is 0 Å². The van der Waals surface area contributed by atoms with Gasteiger partial charge in [0.1, 0.15) is 0 Å². The lowest BCUT2D eigenvalue weighted by Crippen LogP contribution is -2.17. The maximum absolute atomic E-state index is 2.56. The molecule has 2 heteroatoms. The summed E-state index contributed by atoms with van der Waals surface area (Å²) in [6.45, 7) is 32.7. The number of hydrogen-bond acceptors (Lipinski definition) is 1. The number of hydrogen-bond donors (Lipinski definition) is 0. The Balaban J connectivity index is 1.09. The Bertz CT molecular complexity index is 4460. The molecule has 1 heterocycles. The minimum Gasteiger partial charge on any atom is -0.310 e. The molecule has 0 aliphatic carbocycles.